The van der Waals surface area contributed by atoms with Crippen LogP contribution in [0.25, 0.3) is 11.0 Å². The van der Waals surface area contributed by atoms with Crippen LogP contribution >= 0.6 is 0 Å². The van der Waals surface area contributed by atoms with Crippen LogP contribution in [0.5, 0.6) is 0 Å². The summed E-state index contributed by atoms with van der Waals surface area (Å²) in [6.07, 6.45) is 1.71. The molecule has 0 spiro atoms. The molecule has 0 saturated carbocycles. The Morgan fingerprint density at radius 2 is 1.85 bits per heavy atom. The molecule has 4 heteroatoms. The largest absolute Gasteiger partial charge is 0.346 e. The lowest BCUT2D eigenvalue weighted by Gasteiger charge is -2.19. The van der Waals surface area contributed by atoms with Gasteiger partial charge in [-0.3, -0.25) is 4.79 Å². The second kappa shape index (κ2) is 8.38. The lowest BCUT2D eigenvalue weighted by Crippen LogP contribution is -2.33. The Morgan fingerprint density at radius 3 is 2.56 bits per heavy atom. The molecule has 1 N–H and O–H groups in total. The van der Waals surface area contributed by atoms with Crippen molar-refractivity contribution < 1.29 is 4.79 Å². The van der Waals surface area contributed by atoms with Gasteiger partial charge in [0.05, 0.1) is 17.1 Å². The number of imidazole rings is 1. The van der Waals surface area contributed by atoms with Crippen LogP contribution in [0.4, 0.5) is 0 Å². The van der Waals surface area contributed by atoms with Crippen molar-refractivity contribution in [3.05, 3.63) is 65.5 Å². The molecule has 4 nitrogen and oxygen atoms in total. The number of hydrogen-bond acceptors (Lipinski definition) is 2. The first-order valence-corrected chi connectivity index (χ1v) is 9.84. The maximum absolute atomic E-state index is 12.6. The molecular formula is C23H29N3O. The number of benzene rings is 2. The number of fused-ring (bicyclic) bond motifs is 1. The van der Waals surface area contributed by atoms with Crippen molar-refractivity contribution in [1.82, 2.24) is 14.9 Å². The Bertz CT molecular complexity index is 924. The maximum Gasteiger partial charge on any atom is 0.223 e. The van der Waals surface area contributed by atoms with Crippen LogP contribution in [0.1, 0.15) is 56.6 Å². The van der Waals surface area contributed by atoms with Gasteiger partial charge < -0.3 is 9.88 Å². The molecule has 0 aliphatic rings. The average Bonchev–Trinajstić information content (AvgIpc) is 3.01. The van der Waals surface area contributed by atoms with Crippen molar-refractivity contribution in [2.24, 2.45) is 5.92 Å². The third kappa shape index (κ3) is 4.21. The van der Waals surface area contributed by atoms with Crippen molar-refractivity contribution in [3.63, 3.8) is 0 Å². The number of rotatable bonds is 7. The van der Waals surface area contributed by atoms with Crippen molar-refractivity contribution in [2.45, 2.75) is 53.1 Å². The summed E-state index contributed by atoms with van der Waals surface area (Å²) >= 11 is 0. The lowest BCUT2D eigenvalue weighted by molar-refractivity contribution is -0.125. The van der Waals surface area contributed by atoms with Crippen LogP contribution in [-0.4, -0.2) is 15.5 Å². The van der Waals surface area contributed by atoms with Gasteiger partial charge >= 0.3 is 0 Å². The van der Waals surface area contributed by atoms with Crippen molar-refractivity contribution in [2.75, 3.05) is 0 Å². The van der Waals surface area contributed by atoms with Gasteiger partial charge in [-0.15, -0.1) is 0 Å². The number of nitrogens with one attached hydrogen (secondary N) is 1. The molecule has 27 heavy (non-hydrogen) atoms. The summed E-state index contributed by atoms with van der Waals surface area (Å²) in [5.41, 5.74) is 4.54. The Hall–Kier alpha value is -2.62. The number of hydrogen-bond donors (Lipinski definition) is 1. The number of aryl methyl sites for hydroxylation is 1. The van der Waals surface area contributed by atoms with E-state index in [-0.39, 0.29) is 17.9 Å². The van der Waals surface area contributed by atoms with E-state index in [0.717, 1.165) is 36.2 Å². The van der Waals surface area contributed by atoms with Crippen molar-refractivity contribution >= 4 is 16.9 Å². The molecule has 1 heterocycles. The van der Waals surface area contributed by atoms with Crippen LogP contribution in [0, 0.1) is 12.8 Å². The maximum atomic E-state index is 12.6. The Kier molecular flexibility index (Phi) is 5.94. The predicted molar refractivity (Wildman–Crippen MR) is 111 cm³/mol. The fourth-order valence-corrected chi connectivity index (χ4v) is 3.64. The number of amides is 1. The highest BCUT2D eigenvalue weighted by molar-refractivity contribution is 5.79. The van der Waals surface area contributed by atoms with Crippen molar-refractivity contribution in [1.29, 1.82) is 0 Å². The molecule has 1 unspecified atom stereocenters. The van der Waals surface area contributed by atoms with E-state index < -0.39 is 0 Å². The van der Waals surface area contributed by atoms with Crippen molar-refractivity contribution in [3.8, 4) is 0 Å². The topological polar surface area (TPSA) is 46.9 Å². The zero-order chi connectivity index (χ0) is 19.4. The Labute approximate surface area is 161 Å². The summed E-state index contributed by atoms with van der Waals surface area (Å²) in [6, 6.07) is 16.5. The quantitative estimate of drug-likeness (QED) is 0.641. The highest BCUT2D eigenvalue weighted by Crippen LogP contribution is 2.23. The summed E-state index contributed by atoms with van der Waals surface area (Å²) in [4.78, 5) is 17.4. The third-order valence-corrected chi connectivity index (χ3v) is 5.21. The van der Waals surface area contributed by atoms with Gasteiger partial charge in [-0.1, -0.05) is 55.8 Å². The highest BCUT2D eigenvalue weighted by Gasteiger charge is 2.21. The van der Waals surface area contributed by atoms with Gasteiger partial charge in [0.25, 0.3) is 0 Å². The minimum absolute atomic E-state index is 0.0575. The van der Waals surface area contributed by atoms with Gasteiger partial charge in [0.15, 0.2) is 0 Å². The summed E-state index contributed by atoms with van der Waals surface area (Å²) < 4.78 is 2.22. The Balaban J connectivity index is 1.95. The summed E-state index contributed by atoms with van der Waals surface area (Å²) in [5.74, 6) is 1.07. The van der Waals surface area contributed by atoms with Gasteiger partial charge in [0, 0.05) is 12.5 Å². The number of aromatic nitrogens is 2. The molecule has 0 fully saturated rings. The van der Waals surface area contributed by atoms with E-state index in [1.807, 2.05) is 25.1 Å². The molecule has 1 atom stereocenters. The smallest absolute Gasteiger partial charge is 0.223 e. The first-order chi connectivity index (χ1) is 13.0. The average molecular weight is 364 g/mol. The minimum atomic E-state index is -0.143. The normalized spacial score (nSPS) is 12.5. The molecule has 142 valence electrons. The lowest BCUT2D eigenvalue weighted by atomic mass is 10.0. The second-order valence-electron chi connectivity index (χ2n) is 7.28. The molecule has 0 saturated heterocycles. The molecule has 0 aliphatic carbocycles. The van der Waals surface area contributed by atoms with E-state index in [1.54, 1.807) is 0 Å². The monoisotopic (exact) mass is 363 g/mol. The van der Waals surface area contributed by atoms with Gasteiger partial charge in [-0.05, 0) is 44.4 Å². The third-order valence-electron chi connectivity index (χ3n) is 5.21. The van der Waals surface area contributed by atoms with Crippen LogP contribution in [0.3, 0.4) is 0 Å². The van der Waals surface area contributed by atoms with E-state index in [9.17, 15) is 4.79 Å². The van der Waals surface area contributed by atoms with E-state index >= 15 is 0 Å². The molecule has 0 aliphatic heterocycles. The first-order valence-electron chi connectivity index (χ1n) is 9.84. The number of nitrogens with zero attached hydrogens (tertiary/aromatic N) is 2. The molecule has 0 bridgehead atoms. The number of carbonyl (C=O) groups is 1. The molecular weight excluding hydrogens is 334 g/mol. The van der Waals surface area contributed by atoms with Crippen LogP contribution in [0.15, 0.2) is 48.5 Å². The number of carbonyl (C=O) groups excluding carboxylic acids is 1. The highest BCUT2D eigenvalue weighted by atomic mass is 16.1. The standard InChI is InChI=1S/C23H29N3O/c1-5-19(6-2)23(27)24-17(4)22-25-20-12-7-8-13-21(20)26(22)15-18-11-9-10-16(3)14-18/h7-14,17,19H,5-6,15H2,1-4H3,(H,24,27). The van der Waals surface area contributed by atoms with Gasteiger partial charge in [0.2, 0.25) is 5.91 Å². The SMILES string of the molecule is CCC(CC)C(=O)NC(C)c1nc2ccccc2n1Cc1cccc(C)c1. The van der Waals surface area contributed by atoms with Gasteiger partial charge in [0.1, 0.15) is 5.82 Å². The summed E-state index contributed by atoms with van der Waals surface area (Å²) in [6.45, 7) is 8.99. The van der Waals surface area contributed by atoms with Crippen LogP contribution < -0.4 is 5.32 Å². The summed E-state index contributed by atoms with van der Waals surface area (Å²) in [7, 11) is 0. The zero-order valence-corrected chi connectivity index (χ0v) is 16.7. The van der Waals surface area contributed by atoms with E-state index in [0.29, 0.717) is 0 Å². The van der Waals surface area contributed by atoms with E-state index in [1.165, 1.54) is 11.1 Å². The van der Waals surface area contributed by atoms with Gasteiger partial charge in [-0.2, -0.15) is 0 Å². The second-order valence-corrected chi connectivity index (χ2v) is 7.28. The number of para-hydroxylation sites is 2. The molecule has 1 aromatic heterocycles. The molecule has 3 aromatic rings. The minimum Gasteiger partial charge on any atom is -0.346 e. The molecule has 2 aromatic carbocycles. The fourth-order valence-electron chi connectivity index (χ4n) is 3.64. The predicted octanol–water partition coefficient (Wildman–Crippen LogP) is 5.01. The summed E-state index contributed by atoms with van der Waals surface area (Å²) in [5, 5.41) is 3.17. The van der Waals surface area contributed by atoms with Gasteiger partial charge in [-0.25, -0.2) is 4.98 Å². The Morgan fingerprint density at radius 1 is 1.11 bits per heavy atom. The van der Waals surface area contributed by atoms with E-state index in [2.05, 4.69) is 61.0 Å². The first kappa shape index (κ1) is 19.2. The van der Waals surface area contributed by atoms with Crippen LogP contribution in [-0.2, 0) is 11.3 Å². The zero-order valence-electron chi connectivity index (χ0n) is 16.7. The molecule has 1 amide bonds. The molecule has 0 radical (unpaired) electrons. The molecule has 3 rings (SSSR count). The van der Waals surface area contributed by atoms with E-state index in [4.69, 9.17) is 4.98 Å². The fraction of sp³-hybridized carbons (Fsp3) is 0.391. The van der Waals surface area contributed by atoms with Crippen LogP contribution in [0.2, 0.25) is 0 Å².